The summed E-state index contributed by atoms with van der Waals surface area (Å²) in [6.07, 6.45) is -7.21. The Labute approximate surface area is 116 Å². The largest absolute Gasteiger partial charge is 0.416 e. The lowest BCUT2D eigenvalue weighted by Gasteiger charge is -2.23. The van der Waals surface area contributed by atoms with Crippen LogP contribution >= 0.6 is 0 Å². The summed E-state index contributed by atoms with van der Waals surface area (Å²) in [6, 6.07) is -1.33. The first-order chi connectivity index (χ1) is 9.50. The van der Waals surface area contributed by atoms with Crippen molar-refractivity contribution in [2.75, 3.05) is 6.61 Å². The zero-order valence-electron chi connectivity index (χ0n) is 10.3. The third-order valence-electron chi connectivity index (χ3n) is 2.46. The molecule has 1 heterocycles. The van der Waals surface area contributed by atoms with Gasteiger partial charge in [-0.05, 0) is 6.07 Å². The second-order valence-corrected chi connectivity index (χ2v) is 5.66. The average Bonchev–Trinajstić information content (AvgIpc) is 2.84. The number of halogens is 3. The topological polar surface area (TPSA) is 146 Å². The molecule has 21 heavy (non-hydrogen) atoms. The molecule has 1 amide bonds. The van der Waals surface area contributed by atoms with Gasteiger partial charge in [-0.2, -0.15) is 13.2 Å². The molecule has 0 radical (unpaired) electrons. The number of carbonyl (C=O) groups excluding carboxylic acids is 1. The van der Waals surface area contributed by atoms with E-state index in [0.717, 1.165) is 12.3 Å². The van der Waals surface area contributed by atoms with Crippen LogP contribution in [0.4, 0.5) is 13.2 Å². The molecule has 0 aromatic carbocycles. The van der Waals surface area contributed by atoms with Crippen LogP contribution in [0, 0.1) is 0 Å². The number of aliphatic hydroxyl groups excluding tert-OH is 2. The lowest BCUT2D eigenvalue weighted by atomic mass is 10.2. The molecule has 0 spiro atoms. The van der Waals surface area contributed by atoms with Crippen LogP contribution in [-0.2, 0) is 10.0 Å². The smallest absolute Gasteiger partial charge is 0.395 e. The maximum Gasteiger partial charge on any atom is 0.416 e. The highest BCUT2D eigenvalue weighted by Crippen LogP contribution is 2.23. The number of hydrogen-bond acceptors (Lipinski definition) is 5. The van der Waals surface area contributed by atoms with Crippen LogP contribution in [0.25, 0.3) is 0 Å². The van der Waals surface area contributed by atoms with E-state index in [4.69, 9.17) is 15.9 Å². The van der Waals surface area contributed by atoms with E-state index in [1.54, 1.807) is 0 Å². The van der Waals surface area contributed by atoms with Crippen molar-refractivity contribution in [3.05, 3.63) is 18.0 Å². The van der Waals surface area contributed by atoms with Gasteiger partial charge in [-0.1, -0.05) is 0 Å². The van der Waals surface area contributed by atoms with Crippen LogP contribution in [-0.4, -0.2) is 54.5 Å². The lowest BCUT2D eigenvalue weighted by Crippen LogP contribution is -2.52. The Hall–Kier alpha value is -1.63. The number of primary amides is 1. The van der Waals surface area contributed by atoms with Crippen molar-refractivity contribution in [1.82, 2.24) is 9.71 Å². The summed E-state index contributed by atoms with van der Waals surface area (Å²) in [6.45, 7) is -1.31. The van der Waals surface area contributed by atoms with E-state index in [1.807, 2.05) is 0 Å². The first-order valence-corrected chi connectivity index (χ1v) is 6.84. The van der Waals surface area contributed by atoms with Gasteiger partial charge < -0.3 is 20.9 Å². The highest BCUT2D eigenvalue weighted by atomic mass is 32.2. The van der Waals surface area contributed by atoms with Gasteiger partial charge in [0.15, 0.2) is 6.10 Å². The zero-order chi connectivity index (χ0) is 16.4. The maximum absolute atomic E-state index is 12.3. The molecule has 1 aromatic heterocycles. The monoisotopic (exact) mass is 331 g/mol. The second-order valence-electron chi connectivity index (χ2n) is 3.98. The fourth-order valence-corrected chi connectivity index (χ4v) is 2.87. The van der Waals surface area contributed by atoms with Crippen LogP contribution < -0.4 is 10.5 Å². The van der Waals surface area contributed by atoms with E-state index >= 15 is 0 Å². The van der Waals surface area contributed by atoms with Crippen molar-refractivity contribution >= 4 is 15.9 Å². The van der Waals surface area contributed by atoms with Gasteiger partial charge in [0.25, 0.3) is 5.91 Å². The molecule has 0 fully saturated rings. The minimum atomic E-state index is -5.14. The molecule has 1 aromatic rings. The third-order valence-corrected chi connectivity index (χ3v) is 4.00. The Kier molecular flexibility index (Phi) is 4.99. The molecule has 0 aliphatic heterocycles. The summed E-state index contributed by atoms with van der Waals surface area (Å²) < 4.78 is 62.3. The Bertz CT molecular complexity index is 612. The molecule has 8 nitrogen and oxygen atoms in total. The zero-order valence-corrected chi connectivity index (χ0v) is 11.1. The predicted molar refractivity (Wildman–Crippen MR) is 62.6 cm³/mol. The Balaban J connectivity index is 3.09. The molecule has 6 N–H and O–H groups in total. The number of aromatic nitrogens is 1. The summed E-state index contributed by atoms with van der Waals surface area (Å²) in [5.41, 5.74) is 4.37. The van der Waals surface area contributed by atoms with Crippen molar-refractivity contribution in [3.8, 4) is 0 Å². The summed E-state index contributed by atoms with van der Waals surface area (Å²) in [5, 5.41) is 17.8. The van der Waals surface area contributed by atoms with Crippen molar-refractivity contribution in [2.45, 2.75) is 23.2 Å². The predicted octanol–water partition coefficient (Wildman–Crippen LogP) is -1.32. The number of rotatable bonds is 6. The van der Waals surface area contributed by atoms with Crippen LogP contribution in [0.5, 0.6) is 0 Å². The SMILES string of the molecule is NC(=O)c1[nH]ccc1S(=O)(=O)NC(CO)C(O)C(F)(F)F. The average molecular weight is 331 g/mol. The summed E-state index contributed by atoms with van der Waals surface area (Å²) >= 11 is 0. The van der Waals surface area contributed by atoms with Gasteiger partial charge in [-0.3, -0.25) is 4.79 Å². The quantitative estimate of drug-likeness (QED) is 0.439. The molecule has 0 saturated carbocycles. The first kappa shape index (κ1) is 17.4. The van der Waals surface area contributed by atoms with Crippen molar-refractivity contribution in [2.24, 2.45) is 5.73 Å². The molecule has 2 atom stereocenters. The second kappa shape index (κ2) is 6.01. The van der Waals surface area contributed by atoms with E-state index < -0.39 is 51.4 Å². The molecular formula is C9H12F3N3O5S. The van der Waals surface area contributed by atoms with Crippen molar-refractivity contribution < 1.29 is 36.6 Å². The normalized spacial score (nSPS) is 15.7. The van der Waals surface area contributed by atoms with Crippen molar-refractivity contribution in [3.63, 3.8) is 0 Å². The number of aliphatic hydroxyl groups is 2. The van der Waals surface area contributed by atoms with Crippen LogP contribution in [0.1, 0.15) is 10.5 Å². The van der Waals surface area contributed by atoms with E-state index in [0.29, 0.717) is 0 Å². The summed E-state index contributed by atoms with van der Waals surface area (Å²) in [4.78, 5) is 12.5. The molecular weight excluding hydrogens is 319 g/mol. The number of nitrogens with two attached hydrogens (primary N) is 1. The summed E-state index contributed by atoms with van der Waals surface area (Å²) in [5.74, 6) is -1.14. The number of sulfonamides is 1. The number of H-pyrrole nitrogens is 1. The minimum Gasteiger partial charge on any atom is -0.395 e. The highest BCUT2D eigenvalue weighted by Gasteiger charge is 2.45. The molecule has 12 heteroatoms. The molecule has 0 aliphatic rings. The third kappa shape index (κ3) is 3.93. The molecule has 120 valence electrons. The molecule has 0 saturated heterocycles. The lowest BCUT2D eigenvalue weighted by molar-refractivity contribution is -0.213. The highest BCUT2D eigenvalue weighted by molar-refractivity contribution is 7.89. The fourth-order valence-electron chi connectivity index (χ4n) is 1.46. The van der Waals surface area contributed by atoms with Gasteiger partial charge in [0, 0.05) is 6.20 Å². The van der Waals surface area contributed by atoms with Gasteiger partial charge >= 0.3 is 6.18 Å². The fraction of sp³-hybridized carbons (Fsp3) is 0.444. The van der Waals surface area contributed by atoms with E-state index in [1.165, 1.54) is 4.72 Å². The molecule has 0 aliphatic carbocycles. The molecule has 2 unspecified atom stereocenters. The number of hydrogen-bond donors (Lipinski definition) is 5. The van der Waals surface area contributed by atoms with Gasteiger partial charge in [0.1, 0.15) is 10.6 Å². The number of carbonyl (C=O) groups is 1. The van der Waals surface area contributed by atoms with E-state index in [-0.39, 0.29) is 0 Å². The Morgan fingerprint density at radius 3 is 2.48 bits per heavy atom. The Morgan fingerprint density at radius 1 is 1.48 bits per heavy atom. The minimum absolute atomic E-state index is 0.541. The van der Waals surface area contributed by atoms with Gasteiger partial charge in [-0.25, -0.2) is 13.1 Å². The van der Waals surface area contributed by atoms with E-state index in [2.05, 4.69) is 4.98 Å². The van der Waals surface area contributed by atoms with Gasteiger partial charge in [0.2, 0.25) is 10.0 Å². The number of nitrogens with one attached hydrogen (secondary N) is 2. The van der Waals surface area contributed by atoms with Crippen molar-refractivity contribution in [1.29, 1.82) is 0 Å². The Morgan fingerprint density at radius 2 is 2.05 bits per heavy atom. The number of alkyl halides is 3. The van der Waals surface area contributed by atoms with Gasteiger partial charge in [-0.15, -0.1) is 0 Å². The number of amides is 1. The molecule has 1 rings (SSSR count). The van der Waals surface area contributed by atoms with Crippen LogP contribution in [0.15, 0.2) is 17.2 Å². The first-order valence-electron chi connectivity index (χ1n) is 5.36. The standard InChI is InChI=1S/C9H12F3N3O5S/c10-9(11,12)7(17)4(3-16)15-21(19,20)5-1-2-14-6(5)8(13)18/h1-2,4,7,14-17H,3H2,(H2,13,18). The van der Waals surface area contributed by atoms with Crippen LogP contribution in [0.2, 0.25) is 0 Å². The van der Waals surface area contributed by atoms with E-state index in [9.17, 15) is 26.4 Å². The van der Waals surface area contributed by atoms with Crippen LogP contribution in [0.3, 0.4) is 0 Å². The number of aromatic amines is 1. The van der Waals surface area contributed by atoms with Gasteiger partial charge in [0.05, 0.1) is 12.6 Å². The maximum atomic E-state index is 12.3. The summed E-state index contributed by atoms with van der Waals surface area (Å²) in [7, 11) is -4.61. The molecule has 0 bridgehead atoms.